The molecular weight excluding hydrogens is 194 g/mol. The molecule has 0 aromatic rings. The first kappa shape index (κ1) is 8.12. The Balaban J connectivity index is 2.98. The summed E-state index contributed by atoms with van der Waals surface area (Å²) in [6, 6.07) is 0. The van der Waals surface area contributed by atoms with Crippen molar-refractivity contribution in [3.8, 4) is 0 Å². The molecule has 0 radical (unpaired) electrons. The largest absolute Gasteiger partial charge is 0.287 e. The Labute approximate surface area is 73.3 Å². The van der Waals surface area contributed by atoms with E-state index in [2.05, 4.69) is 0 Å². The summed E-state index contributed by atoms with van der Waals surface area (Å²) in [4.78, 5) is 10.9. The van der Waals surface area contributed by atoms with Crippen LogP contribution >= 0.6 is 34.8 Å². The second-order valence-corrected chi connectivity index (χ2v) is 3.05. The van der Waals surface area contributed by atoms with Gasteiger partial charge in [-0.05, 0) is 0 Å². The molecular formula is C6H3Cl3O. The number of carbonyl (C=O) groups is 1. The SMILES string of the molecule is O=C1C(Cl)=CCC(Cl)=C1Cl. The zero-order valence-electron chi connectivity index (χ0n) is 4.83. The molecule has 0 aromatic heterocycles. The maximum Gasteiger partial charge on any atom is 0.216 e. The quantitative estimate of drug-likeness (QED) is 0.584. The number of carbonyl (C=O) groups excluding carboxylic acids is 1. The van der Waals surface area contributed by atoms with E-state index in [1.54, 1.807) is 0 Å². The fourth-order valence-corrected chi connectivity index (χ4v) is 1.15. The van der Waals surface area contributed by atoms with Gasteiger partial charge in [0, 0.05) is 11.5 Å². The summed E-state index contributed by atoms with van der Waals surface area (Å²) in [5, 5.41) is 0.541. The summed E-state index contributed by atoms with van der Waals surface area (Å²) in [7, 11) is 0. The van der Waals surface area contributed by atoms with Crippen molar-refractivity contribution in [2.75, 3.05) is 0 Å². The maximum atomic E-state index is 10.9. The van der Waals surface area contributed by atoms with Crippen LogP contribution in [0.5, 0.6) is 0 Å². The normalized spacial score (nSPS) is 19.5. The van der Waals surface area contributed by atoms with Gasteiger partial charge in [-0.25, -0.2) is 0 Å². The van der Waals surface area contributed by atoms with Crippen LogP contribution in [0.2, 0.25) is 0 Å². The van der Waals surface area contributed by atoms with E-state index in [0.29, 0.717) is 11.5 Å². The van der Waals surface area contributed by atoms with Crippen LogP contribution in [0.4, 0.5) is 0 Å². The summed E-state index contributed by atoms with van der Waals surface area (Å²) in [5.74, 6) is -0.389. The van der Waals surface area contributed by atoms with Crippen LogP contribution in [0, 0.1) is 0 Å². The predicted molar refractivity (Wildman–Crippen MR) is 42.3 cm³/mol. The van der Waals surface area contributed by atoms with Gasteiger partial charge >= 0.3 is 0 Å². The van der Waals surface area contributed by atoms with Gasteiger partial charge in [0.1, 0.15) is 5.03 Å². The Bertz CT molecular complexity index is 239. The molecule has 0 aromatic carbocycles. The third-order valence-corrected chi connectivity index (χ3v) is 2.28. The highest BCUT2D eigenvalue weighted by Crippen LogP contribution is 2.28. The lowest BCUT2D eigenvalue weighted by Gasteiger charge is -2.05. The fraction of sp³-hybridized carbons (Fsp3) is 0.167. The standard InChI is InChI=1S/C6H3Cl3O/c7-3-1-2-4(8)6(10)5(3)9/h2H,1H2. The van der Waals surface area contributed by atoms with Crippen molar-refractivity contribution >= 4 is 40.6 Å². The van der Waals surface area contributed by atoms with E-state index in [1.807, 2.05) is 0 Å². The molecule has 1 aliphatic carbocycles. The van der Waals surface area contributed by atoms with E-state index in [4.69, 9.17) is 34.8 Å². The minimum absolute atomic E-state index is 0.0363. The smallest absolute Gasteiger partial charge is 0.216 e. The number of hydrogen-bond donors (Lipinski definition) is 0. The number of allylic oxidation sites excluding steroid dienone is 4. The monoisotopic (exact) mass is 196 g/mol. The first-order chi connectivity index (χ1) is 4.63. The second kappa shape index (κ2) is 2.95. The molecule has 0 amide bonds. The molecule has 1 rings (SSSR count). The molecule has 0 heterocycles. The molecule has 1 nitrogen and oxygen atoms in total. The Morgan fingerprint density at radius 1 is 1.30 bits per heavy atom. The van der Waals surface area contributed by atoms with Crippen molar-refractivity contribution in [3.05, 3.63) is 21.2 Å². The number of rotatable bonds is 0. The zero-order chi connectivity index (χ0) is 7.72. The summed E-state index contributed by atoms with van der Waals surface area (Å²) in [6.45, 7) is 0. The van der Waals surface area contributed by atoms with Crippen molar-refractivity contribution < 1.29 is 4.79 Å². The van der Waals surface area contributed by atoms with Gasteiger partial charge in [0.2, 0.25) is 5.78 Å². The highest BCUT2D eigenvalue weighted by molar-refractivity contribution is 6.57. The molecule has 0 bridgehead atoms. The number of Topliss-reactive ketones (excluding diaryl/α,β-unsaturated/α-hetero) is 1. The summed E-state index contributed by atoms with van der Waals surface area (Å²) < 4.78 is 0. The Morgan fingerprint density at radius 3 is 2.40 bits per heavy atom. The van der Waals surface area contributed by atoms with Crippen LogP contribution < -0.4 is 0 Å². The molecule has 1 aliphatic rings. The van der Waals surface area contributed by atoms with Gasteiger partial charge in [0.05, 0.1) is 5.03 Å². The van der Waals surface area contributed by atoms with Crippen molar-refractivity contribution in [3.63, 3.8) is 0 Å². The van der Waals surface area contributed by atoms with Gasteiger partial charge < -0.3 is 0 Å². The van der Waals surface area contributed by atoms with E-state index in [-0.39, 0.29) is 15.8 Å². The van der Waals surface area contributed by atoms with Crippen molar-refractivity contribution in [1.82, 2.24) is 0 Å². The Kier molecular flexibility index (Phi) is 2.40. The van der Waals surface area contributed by atoms with Gasteiger partial charge in [-0.15, -0.1) is 0 Å². The second-order valence-electron chi connectivity index (χ2n) is 1.80. The minimum Gasteiger partial charge on any atom is -0.287 e. The average molecular weight is 197 g/mol. The lowest BCUT2D eigenvalue weighted by molar-refractivity contribution is -0.111. The third-order valence-electron chi connectivity index (χ3n) is 1.11. The third kappa shape index (κ3) is 1.36. The van der Waals surface area contributed by atoms with E-state index in [1.165, 1.54) is 6.08 Å². The molecule has 0 unspecified atom stereocenters. The van der Waals surface area contributed by atoms with Crippen LogP contribution in [0.1, 0.15) is 6.42 Å². The molecule has 0 spiro atoms. The van der Waals surface area contributed by atoms with Crippen LogP contribution in [0.25, 0.3) is 0 Å². The van der Waals surface area contributed by atoms with Crippen molar-refractivity contribution in [2.45, 2.75) is 6.42 Å². The summed E-state index contributed by atoms with van der Waals surface area (Å²) in [5.41, 5.74) is 0. The average Bonchev–Trinajstić information content (AvgIpc) is 1.93. The number of hydrogen-bond acceptors (Lipinski definition) is 1. The summed E-state index contributed by atoms with van der Waals surface area (Å²) in [6.07, 6.45) is 1.99. The molecule has 0 atom stereocenters. The van der Waals surface area contributed by atoms with E-state index in [9.17, 15) is 4.79 Å². The van der Waals surface area contributed by atoms with Gasteiger partial charge in [-0.3, -0.25) is 4.79 Å². The molecule has 0 aliphatic heterocycles. The highest BCUT2D eigenvalue weighted by atomic mass is 35.5. The topological polar surface area (TPSA) is 17.1 Å². The van der Waals surface area contributed by atoms with Gasteiger partial charge in [0.25, 0.3) is 0 Å². The van der Waals surface area contributed by atoms with Gasteiger partial charge in [-0.1, -0.05) is 40.9 Å². The highest BCUT2D eigenvalue weighted by Gasteiger charge is 2.18. The molecule has 54 valence electrons. The van der Waals surface area contributed by atoms with E-state index < -0.39 is 0 Å². The number of halogens is 3. The predicted octanol–water partition coefficient (Wildman–Crippen LogP) is 2.77. The van der Waals surface area contributed by atoms with Crippen LogP contribution in [0.15, 0.2) is 21.2 Å². The lowest BCUT2D eigenvalue weighted by atomic mass is 10.2. The van der Waals surface area contributed by atoms with Crippen LogP contribution in [0.3, 0.4) is 0 Å². The molecule has 10 heavy (non-hydrogen) atoms. The van der Waals surface area contributed by atoms with E-state index in [0.717, 1.165) is 0 Å². The molecule has 0 N–H and O–H groups in total. The number of ketones is 1. The van der Waals surface area contributed by atoms with Crippen LogP contribution in [-0.2, 0) is 4.79 Å². The zero-order valence-corrected chi connectivity index (χ0v) is 7.09. The molecule has 0 saturated heterocycles. The minimum atomic E-state index is -0.389. The fourth-order valence-electron chi connectivity index (χ4n) is 0.590. The molecule has 4 heteroatoms. The first-order valence-corrected chi connectivity index (χ1v) is 3.71. The van der Waals surface area contributed by atoms with Gasteiger partial charge in [-0.2, -0.15) is 0 Å². The lowest BCUT2D eigenvalue weighted by Crippen LogP contribution is -2.03. The van der Waals surface area contributed by atoms with Gasteiger partial charge in [0.15, 0.2) is 0 Å². The Hall–Kier alpha value is 0.0200. The molecule has 0 fully saturated rings. The summed E-state index contributed by atoms with van der Waals surface area (Å²) >= 11 is 16.5. The molecule has 0 saturated carbocycles. The first-order valence-electron chi connectivity index (χ1n) is 2.57. The Morgan fingerprint density at radius 2 is 1.90 bits per heavy atom. The van der Waals surface area contributed by atoms with Crippen molar-refractivity contribution in [1.29, 1.82) is 0 Å². The maximum absolute atomic E-state index is 10.9. The van der Waals surface area contributed by atoms with E-state index >= 15 is 0 Å². The van der Waals surface area contributed by atoms with Crippen LogP contribution in [-0.4, -0.2) is 5.78 Å². The van der Waals surface area contributed by atoms with Crippen molar-refractivity contribution in [2.24, 2.45) is 0 Å².